The fourth-order valence-corrected chi connectivity index (χ4v) is 2.68. The number of fused-ring (bicyclic) bond motifs is 1. The SMILES string of the molecule is CCNC(Cc1nn(C)c2ccccc12)c1cncnc1. The monoisotopic (exact) mass is 281 g/mol. The summed E-state index contributed by atoms with van der Waals surface area (Å²) in [5.41, 5.74) is 3.35. The van der Waals surface area contributed by atoms with E-state index in [-0.39, 0.29) is 6.04 Å². The molecule has 3 aromatic rings. The smallest absolute Gasteiger partial charge is 0.115 e. The highest BCUT2D eigenvalue weighted by molar-refractivity contribution is 5.81. The van der Waals surface area contributed by atoms with E-state index in [0.717, 1.165) is 29.7 Å². The van der Waals surface area contributed by atoms with Crippen molar-refractivity contribution < 1.29 is 0 Å². The lowest BCUT2D eigenvalue weighted by molar-refractivity contribution is 0.538. The van der Waals surface area contributed by atoms with Gasteiger partial charge in [0.25, 0.3) is 0 Å². The molecule has 21 heavy (non-hydrogen) atoms. The van der Waals surface area contributed by atoms with Crippen molar-refractivity contribution in [1.82, 2.24) is 25.1 Å². The quantitative estimate of drug-likeness (QED) is 0.779. The molecule has 1 atom stereocenters. The van der Waals surface area contributed by atoms with E-state index in [2.05, 4.69) is 45.5 Å². The number of hydrogen-bond donors (Lipinski definition) is 1. The fourth-order valence-electron chi connectivity index (χ4n) is 2.68. The first-order valence-corrected chi connectivity index (χ1v) is 7.18. The van der Waals surface area contributed by atoms with Gasteiger partial charge in [-0.2, -0.15) is 5.10 Å². The topological polar surface area (TPSA) is 55.6 Å². The van der Waals surface area contributed by atoms with Crippen molar-refractivity contribution in [1.29, 1.82) is 0 Å². The summed E-state index contributed by atoms with van der Waals surface area (Å²) in [6, 6.07) is 8.50. The van der Waals surface area contributed by atoms with Crippen LogP contribution in [-0.2, 0) is 13.5 Å². The van der Waals surface area contributed by atoms with Gasteiger partial charge < -0.3 is 5.32 Å². The number of rotatable bonds is 5. The van der Waals surface area contributed by atoms with Gasteiger partial charge >= 0.3 is 0 Å². The largest absolute Gasteiger partial charge is 0.310 e. The van der Waals surface area contributed by atoms with Crippen LogP contribution in [0.15, 0.2) is 43.0 Å². The Morgan fingerprint density at radius 2 is 1.95 bits per heavy atom. The molecule has 0 fully saturated rings. The molecule has 108 valence electrons. The van der Waals surface area contributed by atoms with Crippen molar-refractivity contribution in [2.75, 3.05) is 6.54 Å². The summed E-state index contributed by atoms with van der Waals surface area (Å²) in [6.07, 6.45) is 6.11. The Morgan fingerprint density at radius 1 is 1.19 bits per heavy atom. The molecule has 2 heterocycles. The number of likely N-dealkylation sites (N-methyl/N-ethyl adjacent to an activating group) is 1. The normalized spacial score (nSPS) is 12.7. The van der Waals surface area contributed by atoms with Crippen LogP contribution in [0.3, 0.4) is 0 Å². The molecular formula is C16H19N5. The Labute approximate surface area is 124 Å². The molecule has 0 aliphatic carbocycles. The van der Waals surface area contributed by atoms with Crippen molar-refractivity contribution in [3.05, 3.63) is 54.2 Å². The first kappa shape index (κ1) is 13.7. The maximum absolute atomic E-state index is 4.67. The summed E-state index contributed by atoms with van der Waals surface area (Å²) in [5.74, 6) is 0. The van der Waals surface area contributed by atoms with Gasteiger partial charge in [-0.05, 0) is 12.6 Å². The molecule has 0 aliphatic heterocycles. The van der Waals surface area contributed by atoms with Crippen LogP contribution < -0.4 is 5.32 Å². The third-order valence-electron chi connectivity index (χ3n) is 3.67. The molecule has 0 bridgehead atoms. The molecule has 1 aromatic carbocycles. The van der Waals surface area contributed by atoms with Gasteiger partial charge in [-0.15, -0.1) is 0 Å². The van der Waals surface area contributed by atoms with E-state index in [4.69, 9.17) is 0 Å². The molecule has 0 spiro atoms. The number of aromatic nitrogens is 4. The van der Waals surface area contributed by atoms with Gasteiger partial charge in [-0.1, -0.05) is 25.1 Å². The second kappa shape index (κ2) is 6.01. The molecule has 5 nitrogen and oxygen atoms in total. The number of hydrogen-bond acceptors (Lipinski definition) is 4. The molecule has 3 rings (SSSR count). The van der Waals surface area contributed by atoms with Gasteiger partial charge in [0.15, 0.2) is 0 Å². The van der Waals surface area contributed by atoms with Crippen molar-refractivity contribution in [3.8, 4) is 0 Å². The van der Waals surface area contributed by atoms with Crippen molar-refractivity contribution in [2.45, 2.75) is 19.4 Å². The molecule has 1 unspecified atom stereocenters. The van der Waals surface area contributed by atoms with Crippen LogP contribution in [0.2, 0.25) is 0 Å². The van der Waals surface area contributed by atoms with Gasteiger partial charge in [-0.25, -0.2) is 9.97 Å². The van der Waals surface area contributed by atoms with Crippen LogP contribution in [0, 0.1) is 0 Å². The Kier molecular flexibility index (Phi) is 3.92. The number of benzene rings is 1. The van der Waals surface area contributed by atoms with Crippen LogP contribution in [-0.4, -0.2) is 26.3 Å². The van der Waals surface area contributed by atoms with Crippen LogP contribution >= 0.6 is 0 Å². The maximum Gasteiger partial charge on any atom is 0.115 e. The minimum atomic E-state index is 0.175. The van der Waals surface area contributed by atoms with Crippen molar-refractivity contribution >= 4 is 10.9 Å². The van der Waals surface area contributed by atoms with E-state index < -0.39 is 0 Å². The van der Waals surface area contributed by atoms with Crippen molar-refractivity contribution in [3.63, 3.8) is 0 Å². The fraction of sp³-hybridized carbons (Fsp3) is 0.312. The van der Waals surface area contributed by atoms with Gasteiger partial charge in [0.2, 0.25) is 0 Å². The number of nitrogens with zero attached hydrogens (tertiary/aromatic N) is 4. The number of nitrogens with one attached hydrogen (secondary N) is 1. The molecule has 0 radical (unpaired) electrons. The first-order valence-electron chi connectivity index (χ1n) is 7.18. The van der Waals surface area contributed by atoms with E-state index in [9.17, 15) is 0 Å². The maximum atomic E-state index is 4.67. The Hall–Kier alpha value is -2.27. The summed E-state index contributed by atoms with van der Waals surface area (Å²) < 4.78 is 1.94. The van der Waals surface area contributed by atoms with Crippen LogP contribution in [0.5, 0.6) is 0 Å². The standard InChI is InChI=1S/C16H19N5/c1-3-19-14(12-9-17-11-18-10-12)8-15-13-6-4-5-7-16(13)21(2)20-15/h4-7,9-11,14,19H,3,8H2,1-2H3. The number of aryl methyl sites for hydroxylation is 1. The van der Waals surface area contributed by atoms with Gasteiger partial charge in [0.05, 0.1) is 11.2 Å². The second-order valence-electron chi connectivity index (χ2n) is 5.07. The molecule has 5 heteroatoms. The van der Waals surface area contributed by atoms with Gasteiger partial charge in [0, 0.05) is 42.9 Å². The highest BCUT2D eigenvalue weighted by Gasteiger charge is 2.16. The molecule has 0 aliphatic rings. The zero-order valence-electron chi connectivity index (χ0n) is 12.3. The van der Waals surface area contributed by atoms with Gasteiger partial charge in [-0.3, -0.25) is 4.68 Å². The molecule has 1 N–H and O–H groups in total. The molecular weight excluding hydrogens is 262 g/mol. The number of para-hydroxylation sites is 1. The Balaban J connectivity index is 1.95. The summed E-state index contributed by atoms with van der Waals surface area (Å²) in [4.78, 5) is 8.24. The third-order valence-corrected chi connectivity index (χ3v) is 3.67. The van der Waals surface area contributed by atoms with Crippen LogP contribution in [0.25, 0.3) is 10.9 Å². The van der Waals surface area contributed by atoms with Crippen LogP contribution in [0.4, 0.5) is 0 Å². The lowest BCUT2D eigenvalue weighted by Crippen LogP contribution is -2.23. The van der Waals surface area contributed by atoms with Crippen molar-refractivity contribution in [2.24, 2.45) is 7.05 Å². The molecule has 0 saturated heterocycles. The van der Waals surface area contributed by atoms with E-state index in [1.165, 1.54) is 5.39 Å². The Bertz CT molecular complexity index is 720. The highest BCUT2D eigenvalue weighted by atomic mass is 15.3. The average Bonchev–Trinajstić information content (AvgIpc) is 2.85. The first-order chi connectivity index (χ1) is 10.3. The predicted molar refractivity (Wildman–Crippen MR) is 82.9 cm³/mol. The lowest BCUT2D eigenvalue weighted by Gasteiger charge is -2.16. The van der Waals surface area contributed by atoms with Gasteiger partial charge in [0.1, 0.15) is 6.33 Å². The predicted octanol–water partition coefficient (Wildman–Crippen LogP) is 2.26. The second-order valence-corrected chi connectivity index (χ2v) is 5.07. The average molecular weight is 281 g/mol. The van der Waals surface area contributed by atoms with E-state index in [1.54, 1.807) is 6.33 Å². The van der Waals surface area contributed by atoms with Crippen LogP contribution in [0.1, 0.15) is 24.2 Å². The molecule has 0 saturated carbocycles. The Morgan fingerprint density at radius 3 is 2.71 bits per heavy atom. The van der Waals surface area contributed by atoms with E-state index in [1.807, 2.05) is 30.2 Å². The summed E-state index contributed by atoms with van der Waals surface area (Å²) in [6.45, 7) is 3.00. The van der Waals surface area contributed by atoms with E-state index in [0.29, 0.717) is 0 Å². The zero-order valence-corrected chi connectivity index (χ0v) is 12.3. The molecule has 2 aromatic heterocycles. The minimum absolute atomic E-state index is 0.175. The lowest BCUT2D eigenvalue weighted by atomic mass is 10.0. The summed E-state index contributed by atoms with van der Waals surface area (Å²) in [7, 11) is 1.99. The third kappa shape index (κ3) is 2.78. The summed E-state index contributed by atoms with van der Waals surface area (Å²) >= 11 is 0. The summed E-state index contributed by atoms with van der Waals surface area (Å²) in [5, 5.41) is 9.37. The molecule has 0 amide bonds. The minimum Gasteiger partial charge on any atom is -0.310 e. The zero-order chi connectivity index (χ0) is 14.7. The van der Waals surface area contributed by atoms with E-state index >= 15 is 0 Å². The highest BCUT2D eigenvalue weighted by Crippen LogP contribution is 2.23.